The van der Waals surface area contributed by atoms with Gasteiger partial charge in [-0.1, -0.05) is 32.0 Å². The maximum Gasteiger partial charge on any atom is 0.331 e. The molecule has 0 aliphatic heterocycles. The van der Waals surface area contributed by atoms with E-state index in [0.29, 0.717) is 17.1 Å². The Bertz CT molecular complexity index is 880. The fourth-order valence-corrected chi connectivity index (χ4v) is 2.79. The van der Waals surface area contributed by atoms with Gasteiger partial charge in [-0.2, -0.15) is 0 Å². The molecule has 0 spiro atoms. The number of rotatable bonds is 8. The van der Waals surface area contributed by atoms with Crippen LogP contribution in [0.5, 0.6) is 11.5 Å². The highest BCUT2D eigenvalue weighted by atomic mass is 16.5. The third-order valence-electron chi connectivity index (χ3n) is 4.32. The Kier molecular flexibility index (Phi) is 7.83. The molecule has 1 N–H and O–H groups in total. The first-order valence-electron chi connectivity index (χ1n) is 9.31. The topological polar surface area (TPSA) is 73.9 Å². The minimum Gasteiger partial charge on any atom is -0.497 e. The van der Waals surface area contributed by atoms with E-state index >= 15 is 0 Å². The molecule has 154 valence electrons. The van der Waals surface area contributed by atoms with E-state index in [0.717, 1.165) is 16.8 Å². The van der Waals surface area contributed by atoms with Gasteiger partial charge in [0.2, 0.25) is 0 Å². The molecule has 2 aromatic rings. The molecule has 0 fully saturated rings. The average Bonchev–Trinajstić information content (AvgIpc) is 2.71. The lowest BCUT2D eigenvalue weighted by molar-refractivity contribution is -0.142. The second-order valence-electron chi connectivity index (χ2n) is 6.83. The van der Waals surface area contributed by atoms with E-state index < -0.39 is 5.97 Å². The number of methoxy groups -OCH3 is 2. The van der Waals surface area contributed by atoms with Crippen molar-refractivity contribution in [3.8, 4) is 11.5 Å². The van der Waals surface area contributed by atoms with Crippen molar-refractivity contribution in [3.63, 3.8) is 0 Å². The summed E-state index contributed by atoms with van der Waals surface area (Å²) >= 11 is 0. The summed E-state index contributed by atoms with van der Waals surface area (Å²) in [5.74, 6) is 0.476. The van der Waals surface area contributed by atoms with Crippen LogP contribution in [0, 0.1) is 6.92 Å². The Labute approximate surface area is 171 Å². The van der Waals surface area contributed by atoms with Crippen LogP contribution in [-0.2, 0) is 14.3 Å². The molecular formula is C23H27NO5. The Morgan fingerprint density at radius 2 is 1.72 bits per heavy atom. The molecule has 0 atom stereocenters. The van der Waals surface area contributed by atoms with Gasteiger partial charge in [0.15, 0.2) is 6.61 Å². The lowest BCUT2D eigenvalue weighted by Gasteiger charge is -2.16. The van der Waals surface area contributed by atoms with Crippen molar-refractivity contribution in [3.05, 3.63) is 59.2 Å². The first-order chi connectivity index (χ1) is 13.8. The molecule has 0 aliphatic rings. The van der Waals surface area contributed by atoms with Crippen LogP contribution in [0.2, 0.25) is 0 Å². The van der Waals surface area contributed by atoms with Gasteiger partial charge in [0, 0.05) is 17.8 Å². The molecule has 0 saturated heterocycles. The number of carbonyl (C=O) groups is 2. The van der Waals surface area contributed by atoms with Crippen molar-refractivity contribution in [2.24, 2.45) is 0 Å². The second-order valence-corrected chi connectivity index (χ2v) is 6.83. The standard InChI is InChI=1S/C23H27NO5/c1-15(2)20-8-6-7-16(3)23(20)24-21(25)14-29-22(26)10-9-17-11-18(27-4)13-19(12-17)28-5/h6-13,15H,14H2,1-5H3,(H,24,25)/b10-9+. The van der Waals surface area contributed by atoms with Gasteiger partial charge in [0.1, 0.15) is 11.5 Å². The number of amides is 1. The van der Waals surface area contributed by atoms with Crippen LogP contribution in [0.1, 0.15) is 36.5 Å². The maximum absolute atomic E-state index is 12.2. The molecule has 0 saturated carbocycles. The van der Waals surface area contributed by atoms with Gasteiger partial charge >= 0.3 is 5.97 Å². The fraction of sp³-hybridized carbons (Fsp3) is 0.304. The van der Waals surface area contributed by atoms with Crippen molar-refractivity contribution in [2.75, 3.05) is 26.1 Å². The van der Waals surface area contributed by atoms with E-state index in [1.807, 2.05) is 25.1 Å². The van der Waals surface area contributed by atoms with Gasteiger partial charge in [0.05, 0.1) is 14.2 Å². The van der Waals surface area contributed by atoms with E-state index in [2.05, 4.69) is 19.2 Å². The van der Waals surface area contributed by atoms with Crippen LogP contribution >= 0.6 is 0 Å². The summed E-state index contributed by atoms with van der Waals surface area (Å²) in [6.07, 6.45) is 2.83. The highest BCUT2D eigenvalue weighted by Gasteiger charge is 2.13. The van der Waals surface area contributed by atoms with Gasteiger partial charge in [-0.15, -0.1) is 0 Å². The third-order valence-corrected chi connectivity index (χ3v) is 4.32. The number of benzene rings is 2. The zero-order valence-electron chi connectivity index (χ0n) is 17.4. The largest absolute Gasteiger partial charge is 0.497 e. The Morgan fingerprint density at radius 1 is 1.07 bits per heavy atom. The minimum atomic E-state index is -0.615. The van der Waals surface area contributed by atoms with Crippen LogP contribution in [0.15, 0.2) is 42.5 Å². The van der Waals surface area contributed by atoms with E-state index in [-0.39, 0.29) is 18.4 Å². The number of carbonyl (C=O) groups excluding carboxylic acids is 2. The summed E-state index contributed by atoms with van der Waals surface area (Å²) in [4.78, 5) is 24.2. The third kappa shape index (κ3) is 6.38. The quantitative estimate of drug-likeness (QED) is 0.530. The monoisotopic (exact) mass is 397 g/mol. The highest BCUT2D eigenvalue weighted by molar-refractivity contribution is 5.95. The van der Waals surface area contributed by atoms with E-state index in [9.17, 15) is 9.59 Å². The molecule has 0 heterocycles. The van der Waals surface area contributed by atoms with Crippen LogP contribution in [0.3, 0.4) is 0 Å². The summed E-state index contributed by atoms with van der Waals surface area (Å²) < 4.78 is 15.4. The molecule has 0 unspecified atom stereocenters. The summed E-state index contributed by atoms with van der Waals surface area (Å²) in [5, 5.41) is 2.85. The fourth-order valence-electron chi connectivity index (χ4n) is 2.79. The lowest BCUT2D eigenvalue weighted by Crippen LogP contribution is -2.21. The van der Waals surface area contributed by atoms with Crippen LogP contribution in [0.25, 0.3) is 6.08 Å². The predicted octanol–water partition coefficient (Wildman–Crippen LogP) is 4.33. The number of nitrogens with one attached hydrogen (secondary N) is 1. The maximum atomic E-state index is 12.2. The van der Waals surface area contributed by atoms with E-state index in [4.69, 9.17) is 14.2 Å². The van der Waals surface area contributed by atoms with Crippen molar-refractivity contribution in [2.45, 2.75) is 26.7 Å². The smallest absolute Gasteiger partial charge is 0.331 e. The average molecular weight is 397 g/mol. The van der Waals surface area contributed by atoms with Crippen LogP contribution in [0.4, 0.5) is 5.69 Å². The van der Waals surface area contributed by atoms with Gasteiger partial charge < -0.3 is 19.5 Å². The molecule has 2 rings (SSSR count). The molecule has 0 aliphatic carbocycles. The number of anilines is 1. The van der Waals surface area contributed by atoms with Crippen molar-refractivity contribution in [1.29, 1.82) is 0 Å². The normalized spacial score (nSPS) is 10.8. The summed E-state index contributed by atoms with van der Waals surface area (Å²) in [5.41, 5.74) is 3.48. The Hall–Kier alpha value is -3.28. The molecule has 0 aromatic heterocycles. The number of esters is 1. The van der Waals surface area contributed by atoms with E-state index in [1.54, 1.807) is 38.5 Å². The van der Waals surface area contributed by atoms with Crippen molar-refractivity contribution in [1.82, 2.24) is 0 Å². The summed E-state index contributed by atoms with van der Waals surface area (Å²) in [7, 11) is 3.10. The Morgan fingerprint density at radius 3 is 2.31 bits per heavy atom. The SMILES string of the molecule is COc1cc(/C=C/C(=O)OCC(=O)Nc2c(C)cccc2C(C)C)cc(OC)c1. The molecule has 6 nitrogen and oxygen atoms in total. The number of para-hydroxylation sites is 1. The first-order valence-corrected chi connectivity index (χ1v) is 9.31. The molecule has 1 amide bonds. The summed E-state index contributed by atoms with van der Waals surface area (Å²) in [6.45, 7) is 5.68. The number of hydrogen-bond acceptors (Lipinski definition) is 5. The molecule has 6 heteroatoms. The van der Waals surface area contributed by atoms with Gasteiger partial charge in [0.25, 0.3) is 5.91 Å². The molecule has 0 bridgehead atoms. The molecule has 0 radical (unpaired) electrons. The number of aryl methyl sites for hydroxylation is 1. The van der Waals surface area contributed by atoms with Crippen LogP contribution < -0.4 is 14.8 Å². The minimum absolute atomic E-state index is 0.260. The molecule has 2 aromatic carbocycles. The second kappa shape index (κ2) is 10.3. The zero-order valence-corrected chi connectivity index (χ0v) is 17.4. The van der Waals surface area contributed by atoms with Crippen LogP contribution in [-0.4, -0.2) is 32.7 Å². The van der Waals surface area contributed by atoms with Gasteiger partial charge in [-0.3, -0.25) is 4.79 Å². The van der Waals surface area contributed by atoms with Crippen molar-refractivity contribution < 1.29 is 23.8 Å². The van der Waals surface area contributed by atoms with Crippen molar-refractivity contribution >= 4 is 23.6 Å². The lowest BCUT2D eigenvalue weighted by atomic mass is 9.98. The predicted molar refractivity (Wildman–Crippen MR) is 113 cm³/mol. The first kappa shape index (κ1) is 22.0. The zero-order chi connectivity index (χ0) is 21.4. The molecule has 29 heavy (non-hydrogen) atoms. The number of hydrogen-bond donors (Lipinski definition) is 1. The van der Waals surface area contributed by atoms with E-state index in [1.165, 1.54) is 6.08 Å². The highest BCUT2D eigenvalue weighted by Crippen LogP contribution is 2.27. The Balaban J connectivity index is 1.96. The number of ether oxygens (including phenoxy) is 3. The molecular weight excluding hydrogens is 370 g/mol. The van der Waals surface area contributed by atoms with Gasteiger partial charge in [-0.05, 0) is 47.7 Å². The summed E-state index contributed by atoms with van der Waals surface area (Å²) in [6, 6.07) is 11.1. The van der Waals surface area contributed by atoms with Gasteiger partial charge in [-0.25, -0.2) is 4.79 Å².